The molecule has 3 aromatic rings. The van der Waals surface area contributed by atoms with Crippen LogP contribution in [0, 0.1) is 5.82 Å². The molecule has 0 fully saturated rings. The average Bonchev–Trinajstić information content (AvgIpc) is 3.10. The lowest BCUT2D eigenvalue weighted by Gasteiger charge is -2.08. The minimum atomic E-state index is -0.323. The Bertz CT molecular complexity index is 932. The highest BCUT2D eigenvalue weighted by molar-refractivity contribution is 6.03. The summed E-state index contributed by atoms with van der Waals surface area (Å²) in [4.78, 5) is 27.9. The molecule has 0 unspecified atom stereocenters. The Morgan fingerprint density at radius 2 is 1.85 bits per heavy atom. The lowest BCUT2D eigenvalue weighted by molar-refractivity contribution is -0.116. The first-order valence-electron chi connectivity index (χ1n) is 8.13. The number of nitrogens with one attached hydrogen (secondary N) is 1. The Hall–Kier alpha value is -3.28. The lowest BCUT2D eigenvalue weighted by Crippen LogP contribution is -2.14. The summed E-state index contributed by atoms with van der Waals surface area (Å²) in [5.74, 6) is 0.260. The molecule has 3 rings (SSSR count). The fourth-order valence-corrected chi connectivity index (χ4v) is 2.51. The number of amides is 1. The van der Waals surface area contributed by atoms with Gasteiger partial charge in [0.15, 0.2) is 17.4 Å². The third kappa shape index (κ3) is 4.22. The van der Waals surface area contributed by atoms with Crippen LogP contribution >= 0.6 is 0 Å². The first-order valence-corrected chi connectivity index (χ1v) is 8.13. The quantitative estimate of drug-likeness (QED) is 0.673. The van der Waals surface area contributed by atoms with Gasteiger partial charge in [-0.15, -0.1) is 0 Å². The highest BCUT2D eigenvalue weighted by atomic mass is 19.1. The standard InChI is InChI=1S/C20H17FN2O3/c1-13(24)16-4-2-3-5-17(16)23-19(25)10-11-20-22-12-18(26-20)14-6-8-15(21)9-7-14/h2-9,12H,10-11H2,1H3,(H,23,25). The number of nitrogens with zero attached hydrogens (tertiary/aromatic N) is 1. The third-order valence-corrected chi connectivity index (χ3v) is 3.83. The van der Waals surface area contributed by atoms with Gasteiger partial charge in [-0.25, -0.2) is 9.37 Å². The summed E-state index contributed by atoms with van der Waals surface area (Å²) < 4.78 is 18.6. The van der Waals surface area contributed by atoms with Crippen molar-refractivity contribution < 1.29 is 18.4 Å². The van der Waals surface area contributed by atoms with Gasteiger partial charge in [0.1, 0.15) is 5.82 Å². The summed E-state index contributed by atoms with van der Waals surface area (Å²) in [5.41, 5.74) is 1.67. The molecular formula is C20H17FN2O3. The topological polar surface area (TPSA) is 72.2 Å². The van der Waals surface area contributed by atoms with Crippen molar-refractivity contribution in [1.29, 1.82) is 0 Å². The third-order valence-electron chi connectivity index (χ3n) is 3.83. The van der Waals surface area contributed by atoms with Gasteiger partial charge in [-0.1, -0.05) is 12.1 Å². The van der Waals surface area contributed by atoms with Gasteiger partial charge in [0.2, 0.25) is 5.91 Å². The number of para-hydroxylation sites is 1. The average molecular weight is 352 g/mol. The Labute approximate surface area is 149 Å². The maximum absolute atomic E-state index is 13.0. The molecule has 0 aliphatic carbocycles. The van der Waals surface area contributed by atoms with Crippen LogP contribution in [0.15, 0.2) is 59.1 Å². The van der Waals surface area contributed by atoms with Crippen molar-refractivity contribution in [2.45, 2.75) is 19.8 Å². The second-order valence-electron chi connectivity index (χ2n) is 5.78. The number of anilines is 1. The second kappa shape index (κ2) is 7.74. The highest BCUT2D eigenvalue weighted by Gasteiger charge is 2.12. The van der Waals surface area contributed by atoms with Crippen molar-refractivity contribution in [3.63, 3.8) is 0 Å². The molecule has 2 aromatic carbocycles. The summed E-state index contributed by atoms with van der Waals surface area (Å²) >= 11 is 0. The molecule has 5 nitrogen and oxygen atoms in total. The van der Waals surface area contributed by atoms with E-state index in [-0.39, 0.29) is 23.9 Å². The molecule has 0 spiro atoms. The number of carbonyl (C=O) groups is 2. The van der Waals surface area contributed by atoms with E-state index in [0.717, 1.165) is 0 Å². The van der Waals surface area contributed by atoms with Crippen LogP contribution in [0.2, 0.25) is 0 Å². The van der Waals surface area contributed by atoms with E-state index in [1.807, 2.05) is 0 Å². The van der Waals surface area contributed by atoms with Gasteiger partial charge >= 0.3 is 0 Å². The normalized spacial score (nSPS) is 10.5. The van der Waals surface area contributed by atoms with Gasteiger partial charge in [-0.2, -0.15) is 0 Å². The van der Waals surface area contributed by atoms with Crippen molar-refractivity contribution >= 4 is 17.4 Å². The number of Topliss-reactive ketones (excluding diaryl/α,β-unsaturated/α-hetero) is 1. The molecule has 0 radical (unpaired) electrons. The predicted molar refractivity (Wildman–Crippen MR) is 95.3 cm³/mol. The van der Waals surface area contributed by atoms with Crippen LogP contribution in [0.4, 0.5) is 10.1 Å². The number of aromatic nitrogens is 1. The van der Waals surface area contributed by atoms with Gasteiger partial charge in [0.05, 0.1) is 11.9 Å². The summed E-state index contributed by atoms with van der Waals surface area (Å²) in [7, 11) is 0. The number of aryl methyl sites for hydroxylation is 1. The lowest BCUT2D eigenvalue weighted by atomic mass is 10.1. The van der Waals surface area contributed by atoms with Gasteiger partial charge < -0.3 is 9.73 Å². The molecule has 0 aliphatic heterocycles. The van der Waals surface area contributed by atoms with Crippen LogP contribution in [0.5, 0.6) is 0 Å². The van der Waals surface area contributed by atoms with Crippen molar-refractivity contribution in [2.75, 3.05) is 5.32 Å². The van der Waals surface area contributed by atoms with Crippen LogP contribution in [0.3, 0.4) is 0 Å². The van der Waals surface area contributed by atoms with E-state index in [9.17, 15) is 14.0 Å². The van der Waals surface area contributed by atoms with Gasteiger partial charge in [-0.3, -0.25) is 9.59 Å². The van der Waals surface area contributed by atoms with Crippen molar-refractivity contribution in [3.8, 4) is 11.3 Å². The molecule has 0 atom stereocenters. The Kier molecular flexibility index (Phi) is 5.22. The minimum absolute atomic E-state index is 0.113. The van der Waals surface area contributed by atoms with E-state index in [4.69, 9.17) is 4.42 Å². The number of hydrogen-bond acceptors (Lipinski definition) is 4. The molecule has 0 saturated heterocycles. The van der Waals surface area contributed by atoms with Crippen LogP contribution < -0.4 is 5.32 Å². The van der Waals surface area contributed by atoms with Gasteiger partial charge in [0.25, 0.3) is 0 Å². The van der Waals surface area contributed by atoms with Gasteiger partial charge in [0, 0.05) is 24.0 Å². The number of benzene rings is 2. The maximum Gasteiger partial charge on any atom is 0.224 e. The summed E-state index contributed by atoms with van der Waals surface area (Å²) in [5, 5.41) is 2.74. The number of carbonyl (C=O) groups excluding carboxylic acids is 2. The zero-order valence-corrected chi connectivity index (χ0v) is 14.2. The van der Waals surface area contributed by atoms with Gasteiger partial charge in [-0.05, 0) is 43.3 Å². The molecule has 1 heterocycles. The van der Waals surface area contributed by atoms with Crippen molar-refractivity contribution in [2.24, 2.45) is 0 Å². The van der Waals surface area contributed by atoms with E-state index in [1.54, 1.807) is 42.6 Å². The van der Waals surface area contributed by atoms with Crippen LogP contribution in [0.1, 0.15) is 29.6 Å². The van der Waals surface area contributed by atoms with Crippen LogP contribution in [-0.2, 0) is 11.2 Å². The first-order chi connectivity index (χ1) is 12.5. The minimum Gasteiger partial charge on any atom is -0.441 e. The molecule has 1 aromatic heterocycles. The smallest absolute Gasteiger partial charge is 0.224 e. The number of oxazole rings is 1. The predicted octanol–water partition coefficient (Wildman–Crippen LogP) is 4.25. The molecule has 26 heavy (non-hydrogen) atoms. The Morgan fingerprint density at radius 3 is 2.58 bits per heavy atom. The van der Waals surface area contributed by atoms with E-state index in [1.165, 1.54) is 19.1 Å². The van der Waals surface area contributed by atoms with Crippen molar-refractivity contribution in [3.05, 3.63) is 72.0 Å². The van der Waals surface area contributed by atoms with Crippen LogP contribution in [-0.4, -0.2) is 16.7 Å². The summed E-state index contributed by atoms with van der Waals surface area (Å²) in [6.45, 7) is 1.45. The molecular weight excluding hydrogens is 335 g/mol. The molecule has 1 amide bonds. The van der Waals surface area contributed by atoms with Crippen molar-refractivity contribution in [1.82, 2.24) is 4.98 Å². The van der Waals surface area contributed by atoms with E-state index < -0.39 is 0 Å². The zero-order chi connectivity index (χ0) is 18.5. The van der Waals surface area contributed by atoms with E-state index >= 15 is 0 Å². The molecule has 1 N–H and O–H groups in total. The number of rotatable bonds is 6. The van der Waals surface area contributed by atoms with Crippen LogP contribution in [0.25, 0.3) is 11.3 Å². The fourth-order valence-electron chi connectivity index (χ4n) is 2.51. The summed E-state index contributed by atoms with van der Waals surface area (Å²) in [6.07, 6.45) is 2.02. The molecule has 6 heteroatoms. The van der Waals surface area contributed by atoms with E-state index in [0.29, 0.717) is 34.9 Å². The fraction of sp³-hybridized carbons (Fsp3) is 0.150. The second-order valence-corrected chi connectivity index (χ2v) is 5.78. The molecule has 0 aliphatic rings. The number of halogens is 1. The summed E-state index contributed by atoms with van der Waals surface area (Å²) in [6, 6.07) is 12.7. The molecule has 0 bridgehead atoms. The monoisotopic (exact) mass is 352 g/mol. The largest absolute Gasteiger partial charge is 0.441 e. The number of ketones is 1. The first kappa shape index (κ1) is 17.5. The Balaban J connectivity index is 1.60. The highest BCUT2D eigenvalue weighted by Crippen LogP contribution is 2.21. The maximum atomic E-state index is 13.0. The zero-order valence-electron chi connectivity index (χ0n) is 14.2. The number of hydrogen-bond donors (Lipinski definition) is 1. The SMILES string of the molecule is CC(=O)c1ccccc1NC(=O)CCc1ncc(-c2ccc(F)cc2)o1. The Morgan fingerprint density at radius 1 is 1.12 bits per heavy atom. The molecule has 0 saturated carbocycles. The molecule has 132 valence electrons. The van der Waals surface area contributed by atoms with E-state index in [2.05, 4.69) is 10.3 Å².